The van der Waals surface area contributed by atoms with Gasteiger partial charge in [0.25, 0.3) is 0 Å². The minimum absolute atomic E-state index is 0.533. The Balaban J connectivity index is 1.39. The third-order valence-corrected chi connectivity index (χ3v) is 5.50. The van der Waals surface area contributed by atoms with Gasteiger partial charge in [0, 0.05) is 38.9 Å². The molecule has 2 aromatic rings. The summed E-state index contributed by atoms with van der Waals surface area (Å²) in [4.78, 5) is 11.5. The second kappa shape index (κ2) is 11.8. The summed E-state index contributed by atoms with van der Waals surface area (Å²) >= 11 is 5.84. The highest BCUT2D eigenvalue weighted by Gasteiger charge is 2.21. The van der Waals surface area contributed by atoms with Crippen molar-refractivity contribution < 1.29 is 0 Å². The van der Waals surface area contributed by atoms with E-state index in [1.165, 1.54) is 24.1 Å². The Kier molecular flexibility index (Phi) is 8.78. The SMILES string of the molecule is CCNC(=NCC1CCN(CCc2ccccc2)C1)NCCc1ccc(Cl)nc1. The number of nitrogens with one attached hydrogen (secondary N) is 2. The molecular weight excluding hydrogens is 382 g/mol. The summed E-state index contributed by atoms with van der Waals surface area (Å²) < 4.78 is 0. The van der Waals surface area contributed by atoms with E-state index >= 15 is 0 Å². The van der Waals surface area contributed by atoms with Crippen molar-refractivity contribution in [3.63, 3.8) is 0 Å². The van der Waals surface area contributed by atoms with Gasteiger partial charge in [-0.3, -0.25) is 4.99 Å². The fourth-order valence-electron chi connectivity index (χ4n) is 3.64. The van der Waals surface area contributed by atoms with Crippen molar-refractivity contribution in [1.29, 1.82) is 0 Å². The van der Waals surface area contributed by atoms with Gasteiger partial charge in [0.1, 0.15) is 5.15 Å². The topological polar surface area (TPSA) is 52.6 Å². The lowest BCUT2D eigenvalue weighted by Gasteiger charge is -2.16. The molecule has 1 saturated heterocycles. The van der Waals surface area contributed by atoms with E-state index in [1.54, 1.807) is 0 Å². The van der Waals surface area contributed by atoms with Crippen LogP contribution < -0.4 is 10.6 Å². The van der Waals surface area contributed by atoms with E-state index in [0.29, 0.717) is 11.1 Å². The van der Waals surface area contributed by atoms with Crippen molar-refractivity contribution in [2.45, 2.75) is 26.2 Å². The van der Waals surface area contributed by atoms with E-state index in [1.807, 2.05) is 18.3 Å². The van der Waals surface area contributed by atoms with E-state index < -0.39 is 0 Å². The van der Waals surface area contributed by atoms with Gasteiger partial charge in [0.05, 0.1) is 0 Å². The first-order valence-electron chi connectivity index (χ1n) is 10.6. The van der Waals surface area contributed by atoms with Crippen LogP contribution in [0.3, 0.4) is 0 Å². The number of pyridine rings is 1. The molecule has 2 heterocycles. The number of rotatable bonds is 9. The predicted octanol–water partition coefficient (Wildman–Crippen LogP) is 3.40. The van der Waals surface area contributed by atoms with Gasteiger partial charge in [-0.05, 0) is 55.8 Å². The van der Waals surface area contributed by atoms with E-state index in [-0.39, 0.29) is 0 Å². The van der Waals surface area contributed by atoms with Gasteiger partial charge < -0.3 is 15.5 Å². The Morgan fingerprint density at radius 3 is 2.76 bits per heavy atom. The van der Waals surface area contributed by atoms with Crippen LogP contribution in [-0.2, 0) is 12.8 Å². The van der Waals surface area contributed by atoms with Crippen LogP contribution in [0.5, 0.6) is 0 Å². The molecule has 6 heteroatoms. The molecule has 1 atom stereocenters. The van der Waals surface area contributed by atoms with Crippen LogP contribution in [0, 0.1) is 5.92 Å². The number of hydrogen-bond acceptors (Lipinski definition) is 3. The highest BCUT2D eigenvalue weighted by atomic mass is 35.5. The number of nitrogens with zero attached hydrogens (tertiary/aromatic N) is 3. The Morgan fingerprint density at radius 1 is 1.14 bits per heavy atom. The Morgan fingerprint density at radius 2 is 2.00 bits per heavy atom. The highest BCUT2D eigenvalue weighted by Crippen LogP contribution is 2.17. The minimum Gasteiger partial charge on any atom is -0.357 e. The average Bonchev–Trinajstić information content (AvgIpc) is 3.20. The third kappa shape index (κ3) is 7.67. The van der Waals surface area contributed by atoms with Gasteiger partial charge in [-0.1, -0.05) is 48.0 Å². The monoisotopic (exact) mass is 413 g/mol. The van der Waals surface area contributed by atoms with Crippen molar-refractivity contribution >= 4 is 17.6 Å². The van der Waals surface area contributed by atoms with Crippen LogP contribution in [0.25, 0.3) is 0 Å². The standard InChI is InChI=1S/C23H32ClN5/c1-2-25-23(26-13-10-20-8-9-22(24)27-16-20)28-17-21-12-15-29(18-21)14-11-19-6-4-3-5-7-19/h3-9,16,21H,2,10-15,17-18H2,1H3,(H2,25,26,28). The van der Waals surface area contributed by atoms with Crippen molar-refractivity contribution in [3.05, 3.63) is 64.9 Å². The first-order valence-corrected chi connectivity index (χ1v) is 11.0. The molecule has 1 unspecified atom stereocenters. The van der Waals surface area contributed by atoms with Gasteiger partial charge in [0.15, 0.2) is 5.96 Å². The largest absolute Gasteiger partial charge is 0.357 e. The number of aliphatic imine (C=N–C) groups is 1. The summed E-state index contributed by atoms with van der Waals surface area (Å²) in [6, 6.07) is 14.6. The van der Waals surface area contributed by atoms with Crippen molar-refractivity contribution in [2.75, 3.05) is 39.3 Å². The quantitative estimate of drug-likeness (QED) is 0.376. The van der Waals surface area contributed by atoms with Gasteiger partial charge in [0.2, 0.25) is 0 Å². The summed E-state index contributed by atoms with van der Waals surface area (Å²) in [6.45, 7) is 8.12. The molecule has 0 aliphatic carbocycles. The number of aromatic nitrogens is 1. The predicted molar refractivity (Wildman–Crippen MR) is 122 cm³/mol. The molecule has 1 aromatic heterocycles. The summed E-state index contributed by atoms with van der Waals surface area (Å²) in [5, 5.41) is 7.31. The fraction of sp³-hybridized carbons (Fsp3) is 0.478. The fourth-order valence-corrected chi connectivity index (χ4v) is 3.75. The molecule has 1 aromatic carbocycles. The zero-order valence-corrected chi connectivity index (χ0v) is 18.0. The molecule has 0 amide bonds. The second-order valence-electron chi connectivity index (χ2n) is 7.58. The lowest BCUT2D eigenvalue weighted by molar-refractivity contribution is 0.329. The van der Waals surface area contributed by atoms with Crippen LogP contribution >= 0.6 is 11.6 Å². The highest BCUT2D eigenvalue weighted by molar-refractivity contribution is 6.29. The van der Waals surface area contributed by atoms with Crippen LogP contribution in [0.2, 0.25) is 5.15 Å². The molecule has 156 valence electrons. The van der Waals surface area contributed by atoms with Gasteiger partial charge >= 0.3 is 0 Å². The molecular formula is C23H32ClN5. The van der Waals surface area contributed by atoms with E-state index in [2.05, 4.69) is 57.8 Å². The molecule has 0 spiro atoms. The normalized spacial score (nSPS) is 17.4. The van der Waals surface area contributed by atoms with Crippen molar-refractivity contribution in [2.24, 2.45) is 10.9 Å². The van der Waals surface area contributed by atoms with Crippen LogP contribution in [0.1, 0.15) is 24.5 Å². The summed E-state index contributed by atoms with van der Waals surface area (Å²) in [7, 11) is 0. The third-order valence-electron chi connectivity index (χ3n) is 5.28. The maximum atomic E-state index is 5.84. The van der Waals surface area contributed by atoms with Crippen LogP contribution in [0.15, 0.2) is 53.7 Å². The Labute approximate surface area is 179 Å². The summed E-state index contributed by atoms with van der Waals surface area (Å²) in [5.74, 6) is 1.54. The van der Waals surface area contributed by atoms with Gasteiger partial charge in [-0.2, -0.15) is 0 Å². The minimum atomic E-state index is 0.533. The van der Waals surface area contributed by atoms with Gasteiger partial charge in [-0.25, -0.2) is 4.98 Å². The first-order chi connectivity index (χ1) is 14.2. The lowest BCUT2D eigenvalue weighted by Crippen LogP contribution is -2.38. The zero-order chi connectivity index (χ0) is 20.3. The maximum absolute atomic E-state index is 5.84. The Hall–Kier alpha value is -2.11. The molecule has 0 bridgehead atoms. The molecule has 0 saturated carbocycles. The second-order valence-corrected chi connectivity index (χ2v) is 7.96. The molecule has 1 aliphatic rings. The van der Waals surface area contributed by atoms with E-state index in [4.69, 9.17) is 16.6 Å². The molecule has 5 nitrogen and oxygen atoms in total. The molecule has 29 heavy (non-hydrogen) atoms. The number of guanidine groups is 1. The first kappa shape index (κ1) is 21.6. The molecule has 1 aliphatic heterocycles. The molecule has 3 rings (SSSR count). The van der Waals surface area contributed by atoms with E-state index in [9.17, 15) is 0 Å². The van der Waals surface area contributed by atoms with Crippen molar-refractivity contribution in [3.8, 4) is 0 Å². The summed E-state index contributed by atoms with van der Waals surface area (Å²) in [5.41, 5.74) is 2.59. The molecule has 1 fully saturated rings. The van der Waals surface area contributed by atoms with E-state index in [0.717, 1.165) is 51.5 Å². The zero-order valence-electron chi connectivity index (χ0n) is 17.3. The number of halogens is 1. The smallest absolute Gasteiger partial charge is 0.191 e. The maximum Gasteiger partial charge on any atom is 0.191 e. The van der Waals surface area contributed by atoms with Crippen molar-refractivity contribution in [1.82, 2.24) is 20.5 Å². The summed E-state index contributed by atoms with van der Waals surface area (Å²) in [6.07, 6.45) is 5.08. The van der Waals surface area contributed by atoms with Crippen LogP contribution in [0.4, 0.5) is 0 Å². The van der Waals surface area contributed by atoms with Crippen LogP contribution in [-0.4, -0.2) is 55.1 Å². The molecule has 0 radical (unpaired) electrons. The average molecular weight is 414 g/mol. The number of hydrogen-bond donors (Lipinski definition) is 2. The number of benzene rings is 1. The Bertz CT molecular complexity index is 748. The number of likely N-dealkylation sites (tertiary alicyclic amines) is 1. The lowest BCUT2D eigenvalue weighted by atomic mass is 10.1. The van der Waals surface area contributed by atoms with Gasteiger partial charge in [-0.15, -0.1) is 0 Å². The molecule has 2 N–H and O–H groups in total.